The van der Waals surface area contributed by atoms with Crippen molar-refractivity contribution in [2.75, 3.05) is 0 Å². The second-order valence-corrected chi connectivity index (χ2v) is 13.0. The number of hydrogen-bond acceptors (Lipinski definition) is 1. The lowest BCUT2D eigenvalue weighted by atomic mass is 9.60. The van der Waals surface area contributed by atoms with E-state index in [2.05, 4.69) is 41.5 Å². The van der Waals surface area contributed by atoms with Crippen LogP contribution < -0.4 is 0 Å². The van der Waals surface area contributed by atoms with Crippen LogP contribution in [0.4, 0.5) is 0 Å². The van der Waals surface area contributed by atoms with Gasteiger partial charge in [0.25, 0.3) is 0 Å². The van der Waals surface area contributed by atoms with Gasteiger partial charge in [0, 0.05) is 0 Å². The molecule has 0 saturated heterocycles. The molecule has 188 valence electrons. The molecule has 0 radical (unpaired) electrons. The third-order valence-corrected chi connectivity index (χ3v) is 10.9. The Hall–Kier alpha value is -0.330. The van der Waals surface area contributed by atoms with Crippen LogP contribution >= 0.6 is 0 Å². The molecular weight excluding hydrogens is 386 g/mol. The maximum atomic E-state index is 7.35. The van der Waals surface area contributed by atoms with Crippen LogP contribution in [-0.4, -0.2) is 6.21 Å². The van der Waals surface area contributed by atoms with E-state index in [0.29, 0.717) is 16.7 Å². The van der Waals surface area contributed by atoms with E-state index in [0.717, 1.165) is 41.9 Å². The van der Waals surface area contributed by atoms with Crippen molar-refractivity contribution >= 4 is 6.21 Å². The summed E-state index contributed by atoms with van der Waals surface area (Å²) in [5, 5.41) is 7.35. The molecular formula is C31H59N. The topological polar surface area (TPSA) is 23.9 Å². The fraction of sp³-hybridized carbons (Fsp3) is 0.968. The molecule has 3 saturated carbocycles. The molecule has 0 bridgehead atoms. The van der Waals surface area contributed by atoms with Crippen molar-refractivity contribution in [2.24, 2.45) is 52.3 Å². The minimum atomic E-state index is 0.585. The van der Waals surface area contributed by atoms with E-state index in [4.69, 9.17) is 5.41 Å². The quantitative estimate of drug-likeness (QED) is 0.377. The van der Waals surface area contributed by atoms with E-state index in [-0.39, 0.29) is 0 Å². The zero-order valence-corrected chi connectivity index (χ0v) is 23.3. The summed E-state index contributed by atoms with van der Waals surface area (Å²) < 4.78 is 0. The van der Waals surface area contributed by atoms with Crippen molar-refractivity contribution in [1.82, 2.24) is 0 Å². The third-order valence-electron chi connectivity index (χ3n) is 10.9. The van der Waals surface area contributed by atoms with Crippen molar-refractivity contribution in [1.29, 1.82) is 5.41 Å². The largest absolute Gasteiger partial charge is 0.313 e. The average molecular weight is 446 g/mol. The average Bonchev–Trinajstić information content (AvgIpc) is 3.24. The second kappa shape index (κ2) is 12.4. The van der Waals surface area contributed by atoms with Crippen LogP contribution in [0, 0.1) is 57.7 Å². The van der Waals surface area contributed by atoms with Crippen molar-refractivity contribution in [2.45, 2.75) is 139 Å². The summed E-state index contributed by atoms with van der Waals surface area (Å²) in [6, 6.07) is 0. The molecule has 0 heterocycles. The predicted molar refractivity (Wildman–Crippen MR) is 143 cm³/mol. The van der Waals surface area contributed by atoms with Crippen LogP contribution in [0.15, 0.2) is 0 Å². The maximum Gasteiger partial charge on any atom is -0.00451 e. The summed E-state index contributed by atoms with van der Waals surface area (Å²) in [6.07, 6.45) is 20.1. The Kier molecular flexibility index (Phi) is 10.8. The lowest BCUT2D eigenvalue weighted by molar-refractivity contribution is 0.0434. The fourth-order valence-corrected chi connectivity index (χ4v) is 8.72. The van der Waals surface area contributed by atoms with Crippen molar-refractivity contribution in [3.05, 3.63) is 0 Å². The van der Waals surface area contributed by atoms with Gasteiger partial charge in [-0.25, -0.2) is 0 Å². The Labute approximate surface area is 202 Å². The van der Waals surface area contributed by atoms with Crippen molar-refractivity contribution in [3.8, 4) is 0 Å². The molecule has 3 rings (SSSR count). The molecule has 3 aliphatic carbocycles. The molecule has 0 aromatic carbocycles. The van der Waals surface area contributed by atoms with Crippen LogP contribution in [0.3, 0.4) is 0 Å². The summed E-state index contributed by atoms with van der Waals surface area (Å²) in [6.45, 7) is 19.4. The molecule has 3 aliphatic rings. The van der Waals surface area contributed by atoms with Gasteiger partial charge < -0.3 is 5.41 Å². The monoisotopic (exact) mass is 445 g/mol. The molecule has 9 unspecified atom stereocenters. The van der Waals surface area contributed by atoms with Crippen LogP contribution in [0.5, 0.6) is 0 Å². The molecule has 0 aromatic rings. The van der Waals surface area contributed by atoms with Crippen molar-refractivity contribution in [3.63, 3.8) is 0 Å². The van der Waals surface area contributed by atoms with Gasteiger partial charge in [0.15, 0.2) is 0 Å². The van der Waals surface area contributed by atoms with E-state index < -0.39 is 0 Å². The summed E-state index contributed by atoms with van der Waals surface area (Å²) in [5.41, 5.74) is 1.19. The molecule has 32 heavy (non-hydrogen) atoms. The smallest absolute Gasteiger partial charge is 0.00451 e. The van der Waals surface area contributed by atoms with Gasteiger partial charge in [-0.2, -0.15) is 0 Å². The molecule has 3 fully saturated rings. The third kappa shape index (κ3) is 6.21. The molecule has 0 spiro atoms. The van der Waals surface area contributed by atoms with Gasteiger partial charge in [-0.1, -0.05) is 81.1 Å². The van der Waals surface area contributed by atoms with Gasteiger partial charge >= 0.3 is 0 Å². The highest BCUT2D eigenvalue weighted by molar-refractivity contribution is 5.53. The number of nitrogens with one attached hydrogen (secondary N) is 1. The highest BCUT2D eigenvalue weighted by atomic mass is 14.6. The molecule has 1 N–H and O–H groups in total. The SMILES string of the molecule is CC.CC(CC=N)CCCC(C)C1CCC2CCCC3CC(C)CC3(C)C(C)CCC21C. The summed E-state index contributed by atoms with van der Waals surface area (Å²) >= 11 is 0. The van der Waals surface area contributed by atoms with Crippen LogP contribution in [0.25, 0.3) is 0 Å². The maximum absolute atomic E-state index is 7.35. The first-order chi connectivity index (χ1) is 15.2. The van der Waals surface area contributed by atoms with E-state index in [9.17, 15) is 0 Å². The zero-order valence-electron chi connectivity index (χ0n) is 23.3. The molecule has 0 aliphatic heterocycles. The van der Waals surface area contributed by atoms with Crippen LogP contribution in [0.2, 0.25) is 0 Å². The zero-order chi connectivity index (χ0) is 23.9. The summed E-state index contributed by atoms with van der Waals surface area (Å²) in [7, 11) is 0. The summed E-state index contributed by atoms with van der Waals surface area (Å²) in [5.74, 6) is 6.32. The molecule has 0 aromatic heterocycles. The normalized spacial score (nSPS) is 41.6. The standard InChI is InChI=1S/C29H53N.C2H6/c1-21(16-18-30)9-7-10-23(3)27-14-13-25-11-8-12-26-19-22(2)20-29(26,6)24(4)15-17-28(25,27)5;1-2/h18,21-27,30H,7-17,19-20H2,1-6H3;1-2H3. The highest BCUT2D eigenvalue weighted by Crippen LogP contribution is 2.60. The Morgan fingerprint density at radius 1 is 0.906 bits per heavy atom. The highest BCUT2D eigenvalue weighted by Gasteiger charge is 2.51. The van der Waals surface area contributed by atoms with E-state index in [1.165, 1.54) is 77.0 Å². The van der Waals surface area contributed by atoms with E-state index in [1.54, 1.807) is 6.21 Å². The van der Waals surface area contributed by atoms with Gasteiger partial charge in [-0.05, 0) is 116 Å². The Morgan fingerprint density at radius 2 is 1.59 bits per heavy atom. The molecule has 1 heteroatoms. The number of hydrogen-bond donors (Lipinski definition) is 1. The molecule has 1 nitrogen and oxygen atoms in total. The lowest BCUT2D eigenvalue weighted by Gasteiger charge is -2.45. The van der Waals surface area contributed by atoms with Gasteiger partial charge in [-0.3, -0.25) is 0 Å². The second-order valence-electron chi connectivity index (χ2n) is 13.0. The minimum Gasteiger partial charge on any atom is -0.313 e. The van der Waals surface area contributed by atoms with E-state index in [1.807, 2.05) is 13.8 Å². The van der Waals surface area contributed by atoms with Crippen molar-refractivity contribution < 1.29 is 0 Å². The first kappa shape index (κ1) is 27.9. The summed E-state index contributed by atoms with van der Waals surface area (Å²) in [4.78, 5) is 0. The first-order valence-electron chi connectivity index (χ1n) is 14.7. The van der Waals surface area contributed by atoms with Gasteiger partial charge in [-0.15, -0.1) is 0 Å². The first-order valence-corrected chi connectivity index (χ1v) is 14.7. The fourth-order valence-electron chi connectivity index (χ4n) is 8.72. The Bertz CT molecular complexity index is 555. The predicted octanol–water partition coefficient (Wildman–Crippen LogP) is 10.2. The van der Waals surface area contributed by atoms with Gasteiger partial charge in [0.05, 0.1) is 0 Å². The molecule has 0 amide bonds. The number of fused-ring (bicyclic) bond motifs is 2. The minimum absolute atomic E-state index is 0.585. The lowest BCUT2D eigenvalue weighted by Crippen LogP contribution is -2.37. The van der Waals surface area contributed by atoms with E-state index >= 15 is 0 Å². The van der Waals surface area contributed by atoms with Gasteiger partial charge in [0.2, 0.25) is 0 Å². The molecule has 9 atom stereocenters. The Balaban J connectivity index is 0.00000176. The van der Waals surface area contributed by atoms with Crippen LogP contribution in [-0.2, 0) is 0 Å². The van der Waals surface area contributed by atoms with Crippen LogP contribution in [0.1, 0.15) is 139 Å². The Morgan fingerprint density at radius 3 is 2.28 bits per heavy atom. The van der Waals surface area contributed by atoms with Gasteiger partial charge in [0.1, 0.15) is 0 Å². The number of rotatable bonds is 7.